The zero-order chi connectivity index (χ0) is 2.71. The summed E-state index contributed by atoms with van der Waals surface area (Å²) in [6.07, 6.45) is 0. The summed E-state index contributed by atoms with van der Waals surface area (Å²) in [5.74, 6) is 0. The average molecular weight is 541 g/mol. The minimum Gasteiger partial charge on any atom is 0 e. The van der Waals surface area contributed by atoms with Gasteiger partial charge in [-0.2, -0.15) is 0 Å². The van der Waals surface area contributed by atoms with E-state index >= 15 is 0 Å². The summed E-state index contributed by atoms with van der Waals surface area (Å²) in [6, 6.07) is 0. The summed E-state index contributed by atoms with van der Waals surface area (Å²) in [4.78, 5) is 0. The van der Waals surface area contributed by atoms with Gasteiger partial charge in [0.15, 0.2) is 0 Å². The molecule has 0 bridgehead atoms. The number of hydrogen-bond donors (Lipinski definition) is 0. The van der Waals surface area contributed by atoms with Crippen molar-refractivity contribution in [2.45, 2.75) is 0 Å². The molecule has 0 aliphatic carbocycles. The summed E-state index contributed by atoms with van der Waals surface area (Å²) < 4.78 is 4.19. The van der Waals surface area contributed by atoms with E-state index in [-0.39, 0.29) is 43.0 Å². The van der Waals surface area contributed by atoms with Gasteiger partial charge in [-0.05, 0) is 0 Å². The van der Waals surface area contributed by atoms with Gasteiger partial charge in [0.2, 0.25) is 0 Å². The van der Waals surface area contributed by atoms with Gasteiger partial charge in [-0.1, -0.05) is 0 Å². The monoisotopic (exact) mass is 541 g/mol. The average Bonchev–Trinajstić information content (AvgIpc) is 0.918. The standard InChI is InChI=1S/Bi.Co.I2O.3H/c;;1-3-2;;;. The van der Waals surface area contributed by atoms with Crippen LogP contribution in [-0.2, 0) is 18.2 Å². The predicted octanol–water partition coefficient (Wildman–Crippen LogP) is 0.517. The molecule has 1 nitrogen and oxygen atoms in total. The molecular weight excluding hydrogens is 538 g/mol. The van der Waals surface area contributed by atoms with Gasteiger partial charge in [-0.15, -0.1) is 0 Å². The zero-order valence-corrected chi connectivity index (χ0v) is 13.1. The fourth-order valence-electron chi connectivity index (χ4n) is 0. The Bertz CT molecular complexity index is 9.61. The van der Waals surface area contributed by atoms with E-state index in [0.717, 1.165) is 0 Å². The van der Waals surface area contributed by atoms with Crippen LogP contribution >= 0.6 is 46.0 Å². The molecule has 0 aliphatic heterocycles. The van der Waals surface area contributed by atoms with E-state index < -0.39 is 0 Å². The van der Waals surface area contributed by atoms with Gasteiger partial charge in [0, 0.05) is 16.8 Å². The third-order valence-electron chi connectivity index (χ3n) is 0. The van der Waals surface area contributed by atoms with Crippen LogP contribution in [0.4, 0.5) is 0 Å². The Labute approximate surface area is 88.7 Å². The molecule has 0 rings (SSSR count). The predicted molar refractivity (Wildman–Crippen MR) is 39.1 cm³/mol. The second-order valence-electron chi connectivity index (χ2n) is 0.0583. The largest absolute Gasteiger partial charge is 0 e. The van der Waals surface area contributed by atoms with Crippen molar-refractivity contribution in [3.8, 4) is 0 Å². The zero-order valence-electron chi connectivity index (χ0n) is 2.20. The molecule has 0 aromatic carbocycles. The molecule has 0 amide bonds. The maximum atomic E-state index is 4.19. The molecule has 5 heavy (non-hydrogen) atoms. The van der Waals surface area contributed by atoms with Crippen molar-refractivity contribution in [1.29, 1.82) is 0 Å². The van der Waals surface area contributed by atoms with Gasteiger partial charge in [-0.3, -0.25) is 0 Å². The van der Waals surface area contributed by atoms with Crippen molar-refractivity contribution in [1.82, 2.24) is 0 Å². The Kier molecular flexibility index (Phi) is 49.6. The van der Waals surface area contributed by atoms with Gasteiger partial charge in [0.05, 0.1) is 0 Å². The van der Waals surface area contributed by atoms with E-state index in [2.05, 4.69) is 1.40 Å². The first kappa shape index (κ1) is 15.7. The molecule has 0 atom stereocenters. The minimum absolute atomic E-state index is 0. The second kappa shape index (κ2) is 15.8. The molecule has 0 saturated carbocycles. The Morgan fingerprint density at radius 2 is 1.20 bits per heavy atom. The van der Waals surface area contributed by atoms with Gasteiger partial charge < -0.3 is 0 Å². The molecular formula is H3BiCoI2O. The molecule has 0 saturated heterocycles. The van der Waals surface area contributed by atoms with Gasteiger partial charge in [0.25, 0.3) is 0 Å². The molecule has 0 aliphatic rings. The van der Waals surface area contributed by atoms with Crippen molar-refractivity contribution < 1.29 is 18.2 Å². The quantitative estimate of drug-likeness (QED) is 0.322. The third kappa shape index (κ3) is 20.0. The van der Waals surface area contributed by atoms with Gasteiger partial charge in [-0.25, -0.2) is 1.40 Å². The van der Waals surface area contributed by atoms with Crippen molar-refractivity contribution in [2.75, 3.05) is 0 Å². The molecule has 37 valence electrons. The first-order chi connectivity index (χ1) is 1.41. The summed E-state index contributed by atoms with van der Waals surface area (Å²) in [5.41, 5.74) is 0. The van der Waals surface area contributed by atoms with E-state index in [9.17, 15) is 0 Å². The van der Waals surface area contributed by atoms with Crippen LogP contribution in [0, 0.1) is 0 Å². The maximum absolute atomic E-state index is 4.19. The van der Waals surface area contributed by atoms with E-state index in [1.807, 2.05) is 0 Å². The number of rotatable bonds is 0. The van der Waals surface area contributed by atoms with Gasteiger partial charge >= 0.3 is 26.2 Å². The van der Waals surface area contributed by atoms with E-state index in [4.69, 9.17) is 0 Å². The Balaban J connectivity index is -0.0000000200. The van der Waals surface area contributed by atoms with Crippen LogP contribution in [-0.4, -0.2) is 26.2 Å². The molecule has 0 aromatic heterocycles. The Morgan fingerprint density at radius 1 is 1.20 bits per heavy atom. The van der Waals surface area contributed by atoms with Crippen LogP contribution in [0.2, 0.25) is 0 Å². The summed E-state index contributed by atoms with van der Waals surface area (Å²) in [7, 11) is 0. The molecule has 1 radical (unpaired) electrons. The summed E-state index contributed by atoms with van der Waals surface area (Å²) in [5, 5.41) is 0. The fourth-order valence-corrected chi connectivity index (χ4v) is 0. The van der Waals surface area contributed by atoms with Gasteiger partial charge in [0.1, 0.15) is 46.0 Å². The van der Waals surface area contributed by atoms with Crippen LogP contribution in [0.5, 0.6) is 0 Å². The van der Waals surface area contributed by atoms with E-state index in [1.54, 1.807) is 46.0 Å². The normalized spacial score (nSPS) is 3.60. The van der Waals surface area contributed by atoms with Crippen molar-refractivity contribution >= 4 is 72.2 Å². The summed E-state index contributed by atoms with van der Waals surface area (Å²) >= 11 is 3.55. The molecule has 0 heterocycles. The van der Waals surface area contributed by atoms with Crippen molar-refractivity contribution in [3.63, 3.8) is 0 Å². The SMILES string of the molecule is IOI.[BiH3].[Co]. The number of hydrogen-bond acceptors (Lipinski definition) is 1. The molecule has 0 aromatic rings. The van der Waals surface area contributed by atoms with Crippen molar-refractivity contribution in [2.24, 2.45) is 0 Å². The molecule has 0 fully saturated rings. The smallest absolute Gasteiger partial charge is 0 e. The maximum Gasteiger partial charge on any atom is 0 e. The fraction of sp³-hybridized carbons (Fsp3) is 0. The first-order valence-electron chi connectivity index (χ1n) is 0.309. The van der Waals surface area contributed by atoms with Crippen LogP contribution < -0.4 is 0 Å². The van der Waals surface area contributed by atoms with Crippen LogP contribution in [0.15, 0.2) is 0 Å². The summed E-state index contributed by atoms with van der Waals surface area (Å²) in [6.45, 7) is 0. The van der Waals surface area contributed by atoms with Crippen LogP contribution in [0.1, 0.15) is 0 Å². The second-order valence-corrected chi connectivity index (χ2v) is 2.62. The van der Waals surface area contributed by atoms with E-state index in [1.165, 1.54) is 0 Å². The van der Waals surface area contributed by atoms with Crippen molar-refractivity contribution in [3.05, 3.63) is 0 Å². The molecule has 0 spiro atoms. The third-order valence-corrected chi connectivity index (χ3v) is 0. The minimum atomic E-state index is 0. The topological polar surface area (TPSA) is 9.23 Å². The first-order valence-corrected chi connectivity index (χ1v) is 2.07. The molecule has 0 unspecified atom stereocenters. The van der Waals surface area contributed by atoms with Crippen LogP contribution in [0.3, 0.4) is 0 Å². The van der Waals surface area contributed by atoms with E-state index in [0.29, 0.717) is 0 Å². The van der Waals surface area contributed by atoms with Crippen LogP contribution in [0.25, 0.3) is 0 Å². The Morgan fingerprint density at radius 3 is 1.20 bits per heavy atom. The number of halogens is 2. The molecule has 5 heteroatoms. The molecule has 0 N–H and O–H groups in total. The Hall–Kier alpha value is 2.81.